The van der Waals surface area contributed by atoms with Crippen molar-refractivity contribution in [1.82, 2.24) is 14.8 Å². The number of rotatable bonds is 6. The fraction of sp³-hybridized carbons (Fsp3) is 0.400. The van der Waals surface area contributed by atoms with Gasteiger partial charge >= 0.3 is 0 Å². The molecule has 0 aliphatic rings. The highest BCUT2D eigenvalue weighted by Gasteiger charge is 2.19. The van der Waals surface area contributed by atoms with Crippen molar-refractivity contribution >= 4 is 11.6 Å². The van der Waals surface area contributed by atoms with Gasteiger partial charge in [0.25, 0.3) is 0 Å². The predicted molar refractivity (Wildman–Crippen MR) is 81.6 cm³/mol. The van der Waals surface area contributed by atoms with Crippen LogP contribution in [0.2, 0.25) is 0 Å². The molecule has 1 aromatic heterocycles. The number of anilines is 1. The van der Waals surface area contributed by atoms with Crippen LogP contribution in [0.25, 0.3) is 0 Å². The first-order chi connectivity index (χ1) is 10.1. The summed E-state index contributed by atoms with van der Waals surface area (Å²) < 4.78 is 1.73. The molecule has 1 amide bonds. The van der Waals surface area contributed by atoms with Crippen LogP contribution < -0.4 is 11.1 Å². The van der Waals surface area contributed by atoms with Crippen LogP contribution in [0.4, 0.5) is 5.69 Å². The molecular weight excluding hydrogens is 266 g/mol. The summed E-state index contributed by atoms with van der Waals surface area (Å²) >= 11 is 0. The predicted octanol–water partition coefficient (Wildman–Crippen LogP) is 1.64. The molecule has 6 heteroatoms. The molecule has 0 fully saturated rings. The van der Waals surface area contributed by atoms with Gasteiger partial charge in [0, 0.05) is 5.69 Å². The monoisotopic (exact) mass is 287 g/mol. The lowest BCUT2D eigenvalue weighted by Crippen LogP contribution is -2.40. The highest BCUT2D eigenvalue weighted by atomic mass is 16.2. The second kappa shape index (κ2) is 6.99. The van der Waals surface area contributed by atoms with Gasteiger partial charge in [0.05, 0.1) is 12.6 Å². The van der Waals surface area contributed by atoms with Crippen LogP contribution in [0.1, 0.15) is 25.8 Å². The summed E-state index contributed by atoms with van der Waals surface area (Å²) in [7, 11) is 0. The van der Waals surface area contributed by atoms with E-state index in [0.29, 0.717) is 6.54 Å². The standard InChI is InChI=1S/C15H21N5O/c1-3-11(2)14(16)15(21)19-13-6-4-5-12(7-13)8-20-10-17-9-18-20/h4-7,9-11,14H,3,8,16H2,1-2H3,(H,19,21). The van der Waals surface area contributed by atoms with Crippen LogP contribution in [0.15, 0.2) is 36.9 Å². The minimum atomic E-state index is -0.492. The van der Waals surface area contributed by atoms with E-state index in [1.54, 1.807) is 11.0 Å². The number of aromatic nitrogens is 3. The first kappa shape index (κ1) is 15.2. The zero-order valence-electron chi connectivity index (χ0n) is 12.4. The summed E-state index contributed by atoms with van der Waals surface area (Å²) in [4.78, 5) is 16.0. The lowest BCUT2D eigenvalue weighted by atomic mass is 9.99. The zero-order chi connectivity index (χ0) is 15.2. The van der Waals surface area contributed by atoms with E-state index in [9.17, 15) is 4.79 Å². The van der Waals surface area contributed by atoms with E-state index in [4.69, 9.17) is 5.73 Å². The Hall–Kier alpha value is -2.21. The van der Waals surface area contributed by atoms with Crippen molar-refractivity contribution in [2.24, 2.45) is 11.7 Å². The third kappa shape index (κ3) is 4.13. The molecule has 21 heavy (non-hydrogen) atoms. The number of carbonyl (C=O) groups is 1. The van der Waals surface area contributed by atoms with Crippen molar-refractivity contribution in [3.8, 4) is 0 Å². The van der Waals surface area contributed by atoms with E-state index < -0.39 is 6.04 Å². The zero-order valence-corrected chi connectivity index (χ0v) is 12.4. The molecule has 6 nitrogen and oxygen atoms in total. The maximum absolute atomic E-state index is 12.1. The lowest BCUT2D eigenvalue weighted by Gasteiger charge is -2.18. The quantitative estimate of drug-likeness (QED) is 0.845. The van der Waals surface area contributed by atoms with Crippen LogP contribution in [-0.2, 0) is 11.3 Å². The van der Waals surface area contributed by atoms with Gasteiger partial charge in [-0.1, -0.05) is 32.4 Å². The van der Waals surface area contributed by atoms with Crippen molar-refractivity contribution in [3.05, 3.63) is 42.5 Å². The molecule has 0 saturated carbocycles. The average molecular weight is 287 g/mol. The average Bonchev–Trinajstić information content (AvgIpc) is 2.98. The molecule has 2 atom stereocenters. The van der Waals surface area contributed by atoms with Crippen LogP contribution in [0.3, 0.4) is 0 Å². The number of benzene rings is 1. The van der Waals surface area contributed by atoms with Gasteiger partial charge in [-0.25, -0.2) is 9.67 Å². The smallest absolute Gasteiger partial charge is 0.241 e. The van der Waals surface area contributed by atoms with Crippen molar-refractivity contribution in [1.29, 1.82) is 0 Å². The van der Waals surface area contributed by atoms with Crippen LogP contribution in [0.5, 0.6) is 0 Å². The third-order valence-electron chi connectivity index (χ3n) is 3.57. The molecule has 2 rings (SSSR count). The first-order valence-electron chi connectivity index (χ1n) is 7.08. The molecular formula is C15H21N5O. The molecule has 2 unspecified atom stereocenters. The van der Waals surface area contributed by atoms with E-state index in [1.165, 1.54) is 6.33 Å². The summed E-state index contributed by atoms with van der Waals surface area (Å²) in [6.45, 7) is 4.61. The second-order valence-electron chi connectivity index (χ2n) is 5.19. The van der Waals surface area contributed by atoms with Crippen LogP contribution >= 0.6 is 0 Å². The van der Waals surface area contributed by atoms with Gasteiger partial charge in [-0.15, -0.1) is 0 Å². The number of nitrogens with two attached hydrogens (primary N) is 1. The molecule has 1 heterocycles. The number of nitrogens with zero attached hydrogens (tertiary/aromatic N) is 3. The minimum Gasteiger partial charge on any atom is -0.325 e. The highest BCUT2D eigenvalue weighted by Crippen LogP contribution is 2.13. The fourth-order valence-electron chi connectivity index (χ4n) is 1.99. The Morgan fingerprint density at radius 2 is 2.29 bits per heavy atom. The summed E-state index contributed by atoms with van der Waals surface area (Å²) in [6.07, 6.45) is 4.03. The van der Waals surface area contributed by atoms with E-state index in [1.807, 2.05) is 38.1 Å². The Kier molecular flexibility index (Phi) is 5.05. The lowest BCUT2D eigenvalue weighted by molar-refractivity contribution is -0.118. The fourth-order valence-corrected chi connectivity index (χ4v) is 1.99. The first-order valence-corrected chi connectivity index (χ1v) is 7.08. The van der Waals surface area contributed by atoms with Gasteiger partial charge in [-0.2, -0.15) is 5.10 Å². The Bertz CT molecular complexity index is 582. The Balaban J connectivity index is 2.02. The Morgan fingerprint density at radius 1 is 1.48 bits per heavy atom. The molecule has 0 saturated heterocycles. The van der Waals surface area contributed by atoms with Gasteiger partial charge in [0.1, 0.15) is 12.7 Å². The van der Waals surface area contributed by atoms with E-state index in [-0.39, 0.29) is 11.8 Å². The number of carbonyl (C=O) groups excluding carboxylic acids is 1. The SMILES string of the molecule is CCC(C)C(N)C(=O)Nc1cccc(Cn2cncn2)c1. The van der Waals surface area contributed by atoms with Crippen LogP contribution in [0, 0.1) is 5.92 Å². The largest absolute Gasteiger partial charge is 0.325 e. The third-order valence-corrected chi connectivity index (χ3v) is 3.57. The molecule has 0 radical (unpaired) electrons. The van der Waals surface area contributed by atoms with Crippen molar-refractivity contribution in [3.63, 3.8) is 0 Å². The van der Waals surface area contributed by atoms with E-state index >= 15 is 0 Å². The topological polar surface area (TPSA) is 85.8 Å². The molecule has 112 valence electrons. The van der Waals surface area contributed by atoms with Gasteiger partial charge in [0.15, 0.2) is 0 Å². The highest BCUT2D eigenvalue weighted by molar-refractivity contribution is 5.94. The van der Waals surface area contributed by atoms with Gasteiger partial charge in [-0.3, -0.25) is 4.79 Å². The molecule has 0 spiro atoms. The Morgan fingerprint density at radius 3 is 2.95 bits per heavy atom. The summed E-state index contributed by atoms with van der Waals surface area (Å²) in [5, 5.41) is 6.93. The molecule has 2 aromatic rings. The van der Waals surface area contributed by atoms with Gasteiger partial charge in [-0.05, 0) is 23.6 Å². The van der Waals surface area contributed by atoms with Crippen molar-refractivity contribution < 1.29 is 4.79 Å². The van der Waals surface area contributed by atoms with E-state index in [0.717, 1.165) is 17.7 Å². The number of hydrogen-bond donors (Lipinski definition) is 2. The van der Waals surface area contributed by atoms with Crippen molar-refractivity contribution in [2.45, 2.75) is 32.9 Å². The molecule has 0 aliphatic carbocycles. The maximum Gasteiger partial charge on any atom is 0.241 e. The van der Waals surface area contributed by atoms with Crippen molar-refractivity contribution in [2.75, 3.05) is 5.32 Å². The number of amides is 1. The molecule has 3 N–H and O–H groups in total. The normalized spacial score (nSPS) is 13.7. The minimum absolute atomic E-state index is 0.151. The second-order valence-corrected chi connectivity index (χ2v) is 5.19. The summed E-state index contributed by atoms with van der Waals surface area (Å²) in [6, 6.07) is 7.16. The maximum atomic E-state index is 12.1. The summed E-state index contributed by atoms with van der Waals surface area (Å²) in [5.41, 5.74) is 7.72. The molecule has 0 bridgehead atoms. The van der Waals surface area contributed by atoms with Gasteiger partial charge in [0.2, 0.25) is 5.91 Å². The molecule has 0 aliphatic heterocycles. The Labute approximate surface area is 124 Å². The van der Waals surface area contributed by atoms with Gasteiger partial charge < -0.3 is 11.1 Å². The number of hydrogen-bond acceptors (Lipinski definition) is 4. The van der Waals surface area contributed by atoms with Crippen LogP contribution in [-0.4, -0.2) is 26.7 Å². The number of nitrogens with one attached hydrogen (secondary N) is 1. The summed E-state index contributed by atoms with van der Waals surface area (Å²) in [5.74, 6) is 0.00517. The van der Waals surface area contributed by atoms with E-state index in [2.05, 4.69) is 15.4 Å². The molecule has 1 aromatic carbocycles.